The van der Waals surface area contributed by atoms with Gasteiger partial charge < -0.3 is 29.1 Å². The number of carbonyl (C=O) groups is 4. The van der Waals surface area contributed by atoms with E-state index in [9.17, 15) is 14.4 Å². The Morgan fingerprint density at radius 1 is 1.03 bits per heavy atom. The molecule has 2 heterocycles. The van der Waals surface area contributed by atoms with Crippen LogP contribution in [0.15, 0.2) is 0 Å². The number of ether oxygens (including phenoxy) is 1. The van der Waals surface area contributed by atoms with Crippen molar-refractivity contribution in [2.45, 2.75) is 52.0 Å². The van der Waals surface area contributed by atoms with Gasteiger partial charge in [-0.2, -0.15) is 0 Å². The molecule has 178 valence electrons. The van der Waals surface area contributed by atoms with Crippen LogP contribution < -0.4 is 0 Å². The van der Waals surface area contributed by atoms with E-state index in [2.05, 4.69) is 4.90 Å². The summed E-state index contributed by atoms with van der Waals surface area (Å²) >= 11 is 0. The van der Waals surface area contributed by atoms with Crippen LogP contribution in [0.2, 0.25) is 0 Å². The second kappa shape index (κ2) is 14.9. The number of carbonyl (C=O) groups excluding carboxylic acids is 4. The molecule has 9 nitrogen and oxygen atoms in total. The fourth-order valence-electron chi connectivity index (χ4n) is 4.06. The molecular formula is C22H40N4O5. The highest BCUT2D eigenvalue weighted by Crippen LogP contribution is 2.20. The van der Waals surface area contributed by atoms with Crippen molar-refractivity contribution in [3.63, 3.8) is 0 Å². The molecule has 2 aliphatic heterocycles. The first-order valence-electron chi connectivity index (χ1n) is 11.3. The quantitative estimate of drug-likeness (QED) is 0.582. The van der Waals surface area contributed by atoms with Gasteiger partial charge in [-0.1, -0.05) is 0 Å². The summed E-state index contributed by atoms with van der Waals surface area (Å²) in [5, 5.41) is 0. The van der Waals surface area contributed by atoms with Crippen molar-refractivity contribution in [1.82, 2.24) is 19.6 Å². The lowest BCUT2D eigenvalue weighted by atomic mass is 10.1. The summed E-state index contributed by atoms with van der Waals surface area (Å²) in [4.78, 5) is 53.3. The molecule has 0 unspecified atom stereocenters. The van der Waals surface area contributed by atoms with Crippen LogP contribution in [-0.2, 0) is 23.9 Å². The van der Waals surface area contributed by atoms with Crippen LogP contribution >= 0.6 is 0 Å². The maximum Gasteiger partial charge on any atom is 0.245 e. The second-order valence-electron chi connectivity index (χ2n) is 8.03. The Balaban J connectivity index is 0.00000233. The monoisotopic (exact) mass is 440 g/mol. The van der Waals surface area contributed by atoms with E-state index in [0.29, 0.717) is 52.4 Å². The lowest BCUT2D eigenvalue weighted by molar-refractivity contribution is -0.143. The molecule has 0 aliphatic carbocycles. The zero-order valence-electron chi connectivity index (χ0n) is 19.5. The Kier molecular flexibility index (Phi) is 13.0. The molecule has 9 heteroatoms. The fourth-order valence-corrected chi connectivity index (χ4v) is 4.06. The maximum absolute atomic E-state index is 13.1. The number of amides is 3. The fraction of sp³-hybridized carbons (Fsp3) is 0.818. The molecule has 0 aromatic carbocycles. The van der Waals surface area contributed by atoms with Gasteiger partial charge in [-0.05, 0) is 39.7 Å². The van der Waals surface area contributed by atoms with E-state index in [1.165, 1.54) is 0 Å². The van der Waals surface area contributed by atoms with Crippen LogP contribution in [0.4, 0.5) is 0 Å². The van der Waals surface area contributed by atoms with Gasteiger partial charge in [0.05, 0.1) is 6.61 Å². The first-order valence-corrected chi connectivity index (χ1v) is 11.3. The summed E-state index contributed by atoms with van der Waals surface area (Å²) in [7, 11) is 2.02. The molecule has 0 bridgehead atoms. The number of likely N-dealkylation sites (tertiary alicyclic amines) is 1. The zero-order chi connectivity index (χ0) is 23.2. The molecule has 2 fully saturated rings. The Bertz CT molecular complexity index is 574. The van der Waals surface area contributed by atoms with Gasteiger partial charge in [0.15, 0.2) is 0 Å². The van der Waals surface area contributed by atoms with Gasteiger partial charge in [-0.3, -0.25) is 14.4 Å². The molecule has 2 rings (SSSR count). The molecular weight excluding hydrogens is 400 g/mol. The van der Waals surface area contributed by atoms with Gasteiger partial charge >= 0.3 is 0 Å². The van der Waals surface area contributed by atoms with Gasteiger partial charge in [0, 0.05) is 65.8 Å². The first kappa shape index (κ1) is 27.0. The van der Waals surface area contributed by atoms with Crippen LogP contribution in [0.3, 0.4) is 0 Å². The first-order chi connectivity index (χ1) is 14.9. The van der Waals surface area contributed by atoms with E-state index >= 15 is 0 Å². The van der Waals surface area contributed by atoms with E-state index in [1.807, 2.05) is 30.6 Å². The number of rotatable bonds is 5. The van der Waals surface area contributed by atoms with Crippen molar-refractivity contribution in [3.05, 3.63) is 0 Å². The van der Waals surface area contributed by atoms with Crippen LogP contribution in [0.25, 0.3) is 0 Å². The summed E-state index contributed by atoms with van der Waals surface area (Å²) < 4.78 is 5.42. The largest absolute Gasteiger partial charge is 0.380 e. The molecule has 0 aromatic rings. The van der Waals surface area contributed by atoms with Gasteiger partial charge in [0.1, 0.15) is 12.8 Å². The lowest BCUT2D eigenvalue weighted by Gasteiger charge is -2.32. The van der Waals surface area contributed by atoms with Gasteiger partial charge in [0.2, 0.25) is 17.7 Å². The summed E-state index contributed by atoms with van der Waals surface area (Å²) in [6.45, 7) is 11.5. The van der Waals surface area contributed by atoms with Crippen LogP contribution in [0.1, 0.15) is 46.0 Å². The standard InChI is InChI=1S/C21H38N4O4.CH2O/c1-4-29-17-16-23-14-12-22(3)13-15-24(10-6-5-9-20(23)27)21(28)19-8-7-11-25(19)18(2)26;1-2/h19H,4-17H2,1-3H3;1H2/t19-;/m1./s1. The predicted molar refractivity (Wildman–Crippen MR) is 119 cm³/mol. The number of nitrogens with zero attached hydrogens (tertiary/aromatic N) is 4. The third kappa shape index (κ3) is 8.95. The molecule has 1 atom stereocenters. The molecule has 2 saturated heterocycles. The van der Waals surface area contributed by atoms with Crippen molar-refractivity contribution in [2.75, 3.05) is 66.1 Å². The highest BCUT2D eigenvalue weighted by atomic mass is 16.5. The molecule has 0 spiro atoms. The third-order valence-corrected chi connectivity index (χ3v) is 5.89. The summed E-state index contributed by atoms with van der Waals surface area (Å²) in [5.74, 6) is 0.202. The number of hydrogen-bond acceptors (Lipinski definition) is 6. The van der Waals surface area contributed by atoms with Crippen molar-refractivity contribution in [2.24, 2.45) is 0 Å². The van der Waals surface area contributed by atoms with E-state index in [-0.39, 0.29) is 23.8 Å². The summed E-state index contributed by atoms with van der Waals surface area (Å²) in [5.41, 5.74) is 0. The van der Waals surface area contributed by atoms with Crippen molar-refractivity contribution < 1.29 is 23.9 Å². The van der Waals surface area contributed by atoms with Gasteiger partial charge in [-0.15, -0.1) is 0 Å². The Morgan fingerprint density at radius 3 is 2.42 bits per heavy atom. The molecule has 2 aliphatic rings. The lowest BCUT2D eigenvalue weighted by Crippen LogP contribution is -2.49. The molecule has 0 N–H and O–H groups in total. The molecule has 0 saturated carbocycles. The van der Waals surface area contributed by atoms with Crippen molar-refractivity contribution >= 4 is 24.5 Å². The Hall–Kier alpha value is -2.00. The minimum Gasteiger partial charge on any atom is -0.380 e. The van der Waals surface area contributed by atoms with E-state index in [1.54, 1.807) is 11.8 Å². The normalized spacial score (nSPS) is 21.7. The van der Waals surface area contributed by atoms with Crippen LogP contribution in [0, 0.1) is 0 Å². The maximum atomic E-state index is 13.1. The van der Waals surface area contributed by atoms with Crippen LogP contribution in [0.5, 0.6) is 0 Å². The molecule has 0 radical (unpaired) electrons. The van der Waals surface area contributed by atoms with E-state index in [0.717, 1.165) is 38.8 Å². The predicted octanol–water partition coefficient (Wildman–Crippen LogP) is 0.622. The third-order valence-electron chi connectivity index (χ3n) is 5.89. The summed E-state index contributed by atoms with van der Waals surface area (Å²) in [6, 6.07) is -0.318. The SMILES string of the molecule is C=O.CCOCCN1CCN(C)CCN(C(=O)[C@H]2CCCN2C(C)=O)CCCCC1=O. The highest BCUT2D eigenvalue weighted by Gasteiger charge is 2.35. The van der Waals surface area contributed by atoms with Crippen LogP contribution in [-0.4, -0.2) is 116 Å². The Labute approximate surface area is 186 Å². The molecule has 31 heavy (non-hydrogen) atoms. The topological polar surface area (TPSA) is 90.5 Å². The minimum absolute atomic E-state index is 0.0231. The highest BCUT2D eigenvalue weighted by molar-refractivity contribution is 5.87. The zero-order valence-corrected chi connectivity index (χ0v) is 19.5. The summed E-state index contributed by atoms with van der Waals surface area (Å²) in [6.07, 6.45) is 3.70. The average Bonchev–Trinajstić information content (AvgIpc) is 3.26. The van der Waals surface area contributed by atoms with Gasteiger partial charge in [0.25, 0.3) is 0 Å². The molecule has 0 aromatic heterocycles. The Morgan fingerprint density at radius 2 is 1.74 bits per heavy atom. The van der Waals surface area contributed by atoms with E-state index in [4.69, 9.17) is 9.53 Å². The van der Waals surface area contributed by atoms with Gasteiger partial charge in [-0.25, -0.2) is 0 Å². The average molecular weight is 441 g/mol. The van der Waals surface area contributed by atoms with Crippen molar-refractivity contribution in [3.8, 4) is 0 Å². The smallest absolute Gasteiger partial charge is 0.245 e. The molecule has 3 amide bonds. The second-order valence-corrected chi connectivity index (χ2v) is 8.03. The van der Waals surface area contributed by atoms with Crippen molar-refractivity contribution in [1.29, 1.82) is 0 Å². The van der Waals surface area contributed by atoms with E-state index < -0.39 is 0 Å². The number of hydrogen-bond donors (Lipinski definition) is 0. The number of likely N-dealkylation sites (N-methyl/N-ethyl adjacent to an activating group) is 1. The minimum atomic E-state index is -0.318.